The Bertz CT molecular complexity index is 270. The van der Waals surface area contributed by atoms with E-state index in [0.717, 1.165) is 12.8 Å². The van der Waals surface area contributed by atoms with E-state index >= 15 is 0 Å². The highest BCUT2D eigenvalue weighted by molar-refractivity contribution is 5.66. The molecule has 0 aromatic heterocycles. The first-order chi connectivity index (χ1) is 6.77. The van der Waals surface area contributed by atoms with Crippen LogP contribution in [0.25, 0.3) is 0 Å². The van der Waals surface area contributed by atoms with Crippen molar-refractivity contribution in [2.45, 2.75) is 39.5 Å². The highest BCUT2D eigenvalue weighted by atomic mass is 16.5. The molecule has 0 aromatic rings. The topological polar surface area (TPSA) is 26.3 Å². The summed E-state index contributed by atoms with van der Waals surface area (Å²) in [7, 11) is 0. The van der Waals surface area contributed by atoms with Crippen LogP contribution in [0.1, 0.15) is 39.5 Å². The van der Waals surface area contributed by atoms with Gasteiger partial charge in [0, 0.05) is 13.3 Å². The molecule has 0 aliphatic rings. The summed E-state index contributed by atoms with van der Waals surface area (Å²) in [5.74, 6) is 10.6. The summed E-state index contributed by atoms with van der Waals surface area (Å²) in [6.45, 7) is 3.66. The van der Waals surface area contributed by atoms with E-state index in [1.165, 1.54) is 19.8 Å². The molecule has 2 nitrogen and oxygen atoms in total. The van der Waals surface area contributed by atoms with E-state index in [9.17, 15) is 4.79 Å². The number of carbonyl (C=O) groups is 1. The molecule has 76 valence electrons. The first-order valence-corrected chi connectivity index (χ1v) is 4.86. The third-order valence-electron chi connectivity index (χ3n) is 1.49. The number of hydrogen-bond acceptors (Lipinski definition) is 2. The summed E-state index contributed by atoms with van der Waals surface area (Å²) >= 11 is 0. The Hall–Kier alpha value is -1.41. The van der Waals surface area contributed by atoms with Crippen LogP contribution in [0.15, 0.2) is 0 Å². The zero-order valence-corrected chi connectivity index (χ0v) is 8.85. The van der Waals surface area contributed by atoms with Gasteiger partial charge in [0.25, 0.3) is 0 Å². The molecule has 0 aromatic carbocycles. The molecule has 14 heavy (non-hydrogen) atoms. The summed E-state index contributed by atoms with van der Waals surface area (Å²) in [6, 6.07) is 0. The summed E-state index contributed by atoms with van der Waals surface area (Å²) in [5.41, 5.74) is 0. The third-order valence-corrected chi connectivity index (χ3v) is 1.49. The highest BCUT2D eigenvalue weighted by Crippen LogP contribution is 1.96. The summed E-state index contributed by atoms with van der Waals surface area (Å²) in [6.07, 6.45) is 4.46. The Kier molecular flexibility index (Phi) is 8.70. The van der Waals surface area contributed by atoms with Crippen LogP contribution >= 0.6 is 0 Å². The number of ether oxygens (including phenoxy) is 1. The molecule has 0 radical (unpaired) electrons. The van der Waals surface area contributed by atoms with Crippen molar-refractivity contribution < 1.29 is 9.53 Å². The molecule has 0 bridgehead atoms. The highest BCUT2D eigenvalue weighted by Gasteiger charge is 1.84. The second kappa shape index (κ2) is 9.68. The zero-order valence-electron chi connectivity index (χ0n) is 8.85. The molecule has 0 amide bonds. The Balaban J connectivity index is 3.43. The van der Waals surface area contributed by atoms with E-state index in [1.807, 2.05) is 0 Å². The van der Waals surface area contributed by atoms with Crippen LogP contribution in [0.3, 0.4) is 0 Å². The third kappa shape index (κ3) is 10.6. The number of esters is 1. The van der Waals surface area contributed by atoms with Gasteiger partial charge in [-0.1, -0.05) is 25.7 Å². The molecule has 0 saturated carbocycles. The van der Waals surface area contributed by atoms with Gasteiger partial charge >= 0.3 is 5.97 Å². The lowest BCUT2D eigenvalue weighted by atomic mass is 10.2. The van der Waals surface area contributed by atoms with Crippen molar-refractivity contribution in [1.29, 1.82) is 0 Å². The maximum absolute atomic E-state index is 10.3. The average molecular weight is 192 g/mol. The Morgan fingerprint density at radius 3 is 2.57 bits per heavy atom. The Morgan fingerprint density at radius 2 is 1.93 bits per heavy atom. The van der Waals surface area contributed by atoms with E-state index in [4.69, 9.17) is 0 Å². The van der Waals surface area contributed by atoms with Gasteiger partial charge in [0.1, 0.15) is 0 Å². The Labute approximate surface area is 86.0 Å². The molecular weight excluding hydrogens is 176 g/mol. The zero-order chi connectivity index (χ0) is 10.6. The van der Waals surface area contributed by atoms with Gasteiger partial charge < -0.3 is 4.74 Å². The van der Waals surface area contributed by atoms with E-state index in [-0.39, 0.29) is 12.6 Å². The fraction of sp³-hybridized carbons (Fsp3) is 0.583. The summed E-state index contributed by atoms with van der Waals surface area (Å²) in [4.78, 5) is 10.3. The maximum atomic E-state index is 10.3. The van der Waals surface area contributed by atoms with E-state index in [2.05, 4.69) is 35.3 Å². The molecule has 0 spiro atoms. The van der Waals surface area contributed by atoms with E-state index in [0.29, 0.717) is 0 Å². The number of rotatable bonds is 4. The molecule has 0 N–H and O–H groups in total. The van der Waals surface area contributed by atoms with Gasteiger partial charge in [-0.25, -0.2) is 0 Å². The van der Waals surface area contributed by atoms with Crippen LogP contribution in [0.2, 0.25) is 0 Å². The van der Waals surface area contributed by atoms with Crippen LogP contribution in [-0.2, 0) is 9.53 Å². The maximum Gasteiger partial charge on any atom is 0.303 e. The minimum Gasteiger partial charge on any atom is -0.453 e. The molecular formula is C12H16O2. The van der Waals surface area contributed by atoms with Crippen molar-refractivity contribution >= 4 is 5.97 Å². The normalized spacial score (nSPS) is 7.86. The van der Waals surface area contributed by atoms with Crippen LogP contribution in [0, 0.1) is 23.7 Å². The van der Waals surface area contributed by atoms with Gasteiger partial charge in [-0.05, 0) is 24.2 Å². The Morgan fingerprint density at radius 1 is 1.21 bits per heavy atom. The minimum atomic E-state index is -0.310. The van der Waals surface area contributed by atoms with Crippen molar-refractivity contribution in [2.24, 2.45) is 0 Å². The monoisotopic (exact) mass is 192 g/mol. The van der Waals surface area contributed by atoms with Crippen LogP contribution in [0.4, 0.5) is 0 Å². The van der Waals surface area contributed by atoms with Gasteiger partial charge in [-0.15, -0.1) is 0 Å². The molecule has 0 aliphatic heterocycles. The second-order valence-electron chi connectivity index (χ2n) is 2.84. The molecule has 0 aliphatic carbocycles. The number of hydrogen-bond donors (Lipinski definition) is 0. The van der Waals surface area contributed by atoms with Gasteiger partial charge in [-0.3, -0.25) is 4.79 Å². The SMILES string of the molecule is CCCCCC#CC#CCOC(C)=O. The molecule has 0 fully saturated rings. The molecule has 0 atom stereocenters. The van der Waals surface area contributed by atoms with Gasteiger partial charge in [-0.2, -0.15) is 0 Å². The predicted molar refractivity (Wildman–Crippen MR) is 56.3 cm³/mol. The molecule has 2 heteroatoms. The quantitative estimate of drug-likeness (QED) is 0.387. The lowest BCUT2D eigenvalue weighted by Crippen LogP contribution is -1.97. The average Bonchev–Trinajstić information content (AvgIpc) is 2.15. The minimum absolute atomic E-state index is 0.138. The first kappa shape index (κ1) is 12.6. The van der Waals surface area contributed by atoms with E-state index in [1.54, 1.807) is 0 Å². The molecule has 0 unspecified atom stereocenters. The van der Waals surface area contributed by atoms with Crippen LogP contribution < -0.4 is 0 Å². The summed E-state index contributed by atoms with van der Waals surface area (Å²) in [5, 5.41) is 0. The predicted octanol–water partition coefficient (Wildman–Crippen LogP) is 2.14. The first-order valence-electron chi connectivity index (χ1n) is 4.86. The smallest absolute Gasteiger partial charge is 0.303 e. The molecule has 0 heterocycles. The van der Waals surface area contributed by atoms with Gasteiger partial charge in [0.2, 0.25) is 0 Å². The lowest BCUT2D eigenvalue weighted by Gasteiger charge is -1.89. The fourth-order valence-corrected chi connectivity index (χ4v) is 0.788. The van der Waals surface area contributed by atoms with Crippen molar-refractivity contribution in [2.75, 3.05) is 6.61 Å². The standard InChI is InChI=1S/C12H16O2/c1-3-4-5-6-7-8-9-10-11-14-12(2)13/h3-6,11H2,1-2H3. The van der Waals surface area contributed by atoms with Crippen LogP contribution in [0.5, 0.6) is 0 Å². The van der Waals surface area contributed by atoms with E-state index < -0.39 is 0 Å². The molecule has 0 rings (SSSR count). The number of carbonyl (C=O) groups excluding carboxylic acids is 1. The van der Waals surface area contributed by atoms with Crippen LogP contribution in [-0.4, -0.2) is 12.6 Å². The fourth-order valence-electron chi connectivity index (χ4n) is 0.788. The summed E-state index contributed by atoms with van der Waals surface area (Å²) < 4.78 is 4.61. The molecule has 0 saturated heterocycles. The van der Waals surface area contributed by atoms with Crippen molar-refractivity contribution in [3.63, 3.8) is 0 Å². The van der Waals surface area contributed by atoms with Crippen molar-refractivity contribution in [1.82, 2.24) is 0 Å². The van der Waals surface area contributed by atoms with Gasteiger partial charge in [0.15, 0.2) is 6.61 Å². The second-order valence-corrected chi connectivity index (χ2v) is 2.84. The van der Waals surface area contributed by atoms with Crippen molar-refractivity contribution in [3.8, 4) is 23.7 Å². The number of unbranched alkanes of at least 4 members (excludes halogenated alkanes) is 3. The largest absolute Gasteiger partial charge is 0.453 e. The lowest BCUT2D eigenvalue weighted by molar-refractivity contribution is -0.139. The van der Waals surface area contributed by atoms with Crippen molar-refractivity contribution in [3.05, 3.63) is 0 Å². The van der Waals surface area contributed by atoms with Gasteiger partial charge in [0.05, 0.1) is 0 Å².